The van der Waals surface area contributed by atoms with Crippen LogP contribution in [0.15, 0.2) is 24.3 Å². The summed E-state index contributed by atoms with van der Waals surface area (Å²) in [4.78, 5) is 70.5. The third kappa shape index (κ3) is 8.19. The van der Waals surface area contributed by atoms with Gasteiger partial charge in [0, 0.05) is 5.56 Å². The summed E-state index contributed by atoms with van der Waals surface area (Å²) in [5, 5.41) is 33.9. The second-order valence-corrected chi connectivity index (χ2v) is 8.10. The molecular weight excluding hydrogens is 450 g/mol. The summed E-state index contributed by atoms with van der Waals surface area (Å²) in [6.07, 6.45) is -0.837. The zero-order valence-electron chi connectivity index (χ0n) is 19.2. The van der Waals surface area contributed by atoms with Gasteiger partial charge in [0.15, 0.2) is 0 Å². The Kier molecular flexibility index (Phi) is 10.2. The van der Waals surface area contributed by atoms with E-state index in [0.717, 1.165) is 0 Å². The molecule has 0 radical (unpaired) electrons. The Labute approximate surface area is 195 Å². The SMILES string of the molecule is CC(C(=O)O)c1ccc(C(=O)N[C@H](C(=O)N[C@@H](C)C(=O)N[C@@H](CC(=O)O)C(=O)O)C(C)C)cc1. The number of rotatable bonds is 12. The predicted molar refractivity (Wildman–Crippen MR) is 118 cm³/mol. The monoisotopic (exact) mass is 479 g/mol. The zero-order chi connectivity index (χ0) is 26.2. The largest absolute Gasteiger partial charge is 0.481 e. The molecule has 0 aliphatic heterocycles. The Morgan fingerprint density at radius 1 is 0.765 bits per heavy atom. The standard InChI is InChI=1S/C22H29N3O9/c1-10(2)17(25-19(29)14-7-5-13(6-8-14)11(3)21(31)32)20(30)23-12(4)18(28)24-15(22(33)34)9-16(26)27/h5-8,10-12,15,17H,9H2,1-4H3,(H,23,30)(H,24,28)(H,25,29)(H,26,27)(H,31,32)(H,33,34)/t11?,12-,15-,17-/m0/s1. The van der Waals surface area contributed by atoms with Gasteiger partial charge >= 0.3 is 17.9 Å². The van der Waals surface area contributed by atoms with Crippen molar-refractivity contribution in [3.63, 3.8) is 0 Å². The lowest BCUT2D eigenvalue weighted by atomic mass is 9.99. The Hall–Kier alpha value is -3.96. The smallest absolute Gasteiger partial charge is 0.326 e. The van der Waals surface area contributed by atoms with Crippen LogP contribution in [0.4, 0.5) is 0 Å². The Bertz CT molecular complexity index is 943. The number of carbonyl (C=O) groups is 6. The number of benzene rings is 1. The van der Waals surface area contributed by atoms with Crippen molar-refractivity contribution in [1.29, 1.82) is 0 Å². The minimum atomic E-state index is -1.67. The second-order valence-electron chi connectivity index (χ2n) is 8.10. The summed E-state index contributed by atoms with van der Waals surface area (Å²) < 4.78 is 0. The van der Waals surface area contributed by atoms with E-state index in [1.54, 1.807) is 13.8 Å². The Morgan fingerprint density at radius 3 is 1.76 bits per heavy atom. The van der Waals surface area contributed by atoms with Crippen LogP contribution in [-0.2, 0) is 24.0 Å². The number of carboxylic acids is 3. The Morgan fingerprint density at radius 2 is 1.32 bits per heavy atom. The van der Waals surface area contributed by atoms with E-state index in [1.807, 2.05) is 5.32 Å². The molecule has 1 rings (SSSR count). The molecule has 3 amide bonds. The average Bonchev–Trinajstić information content (AvgIpc) is 2.75. The van der Waals surface area contributed by atoms with Crippen LogP contribution in [0.3, 0.4) is 0 Å². The molecule has 1 aromatic carbocycles. The lowest BCUT2D eigenvalue weighted by Gasteiger charge is -2.24. The van der Waals surface area contributed by atoms with Crippen LogP contribution in [0, 0.1) is 5.92 Å². The van der Waals surface area contributed by atoms with Crippen LogP contribution < -0.4 is 16.0 Å². The molecule has 34 heavy (non-hydrogen) atoms. The molecule has 0 aliphatic carbocycles. The summed E-state index contributed by atoms with van der Waals surface area (Å²) in [6, 6.07) is 1.94. The van der Waals surface area contributed by atoms with E-state index < -0.39 is 66.1 Å². The third-order valence-corrected chi connectivity index (χ3v) is 5.02. The van der Waals surface area contributed by atoms with Crippen molar-refractivity contribution in [3.05, 3.63) is 35.4 Å². The third-order valence-electron chi connectivity index (χ3n) is 5.02. The van der Waals surface area contributed by atoms with Gasteiger partial charge in [0.05, 0.1) is 12.3 Å². The lowest BCUT2D eigenvalue weighted by molar-refractivity contribution is -0.147. The molecule has 0 heterocycles. The van der Waals surface area contributed by atoms with E-state index in [-0.39, 0.29) is 11.5 Å². The quantitative estimate of drug-likeness (QED) is 0.242. The van der Waals surface area contributed by atoms with Crippen LogP contribution in [0.2, 0.25) is 0 Å². The fourth-order valence-electron chi connectivity index (χ4n) is 2.87. The molecule has 0 bridgehead atoms. The topological polar surface area (TPSA) is 199 Å². The second kappa shape index (κ2) is 12.3. The van der Waals surface area contributed by atoms with Crippen molar-refractivity contribution in [2.24, 2.45) is 5.92 Å². The predicted octanol–water partition coefficient (Wildman–Crippen LogP) is 0.178. The lowest BCUT2D eigenvalue weighted by Crippen LogP contribution is -2.56. The number of hydrogen-bond acceptors (Lipinski definition) is 6. The maximum absolute atomic E-state index is 12.7. The molecule has 0 fully saturated rings. The van der Waals surface area contributed by atoms with Gasteiger partial charge in [-0.3, -0.25) is 24.0 Å². The number of carbonyl (C=O) groups excluding carboxylic acids is 3. The van der Waals surface area contributed by atoms with Crippen molar-refractivity contribution >= 4 is 35.6 Å². The summed E-state index contributed by atoms with van der Waals surface area (Å²) in [5.74, 6) is -7.30. The summed E-state index contributed by atoms with van der Waals surface area (Å²) >= 11 is 0. The van der Waals surface area contributed by atoms with Crippen LogP contribution in [-0.4, -0.2) is 69.1 Å². The first-order valence-electron chi connectivity index (χ1n) is 10.4. The Balaban J connectivity index is 2.84. The molecule has 1 aromatic rings. The number of aliphatic carboxylic acids is 3. The van der Waals surface area contributed by atoms with E-state index >= 15 is 0 Å². The molecule has 12 heteroatoms. The van der Waals surface area contributed by atoms with Crippen molar-refractivity contribution in [3.8, 4) is 0 Å². The molecular formula is C22H29N3O9. The van der Waals surface area contributed by atoms with Crippen LogP contribution in [0.25, 0.3) is 0 Å². The first-order chi connectivity index (χ1) is 15.7. The number of nitrogens with one attached hydrogen (secondary N) is 3. The normalized spacial score (nSPS) is 14.3. The van der Waals surface area contributed by atoms with E-state index in [0.29, 0.717) is 5.56 Å². The summed E-state index contributed by atoms with van der Waals surface area (Å²) in [5.41, 5.74) is 0.702. The highest BCUT2D eigenvalue weighted by Gasteiger charge is 2.30. The molecule has 0 saturated heterocycles. The van der Waals surface area contributed by atoms with E-state index in [4.69, 9.17) is 15.3 Å². The minimum absolute atomic E-state index is 0.198. The van der Waals surface area contributed by atoms with Gasteiger partial charge in [-0.2, -0.15) is 0 Å². The van der Waals surface area contributed by atoms with Gasteiger partial charge in [-0.15, -0.1) is 0 Å². The molecule has 186 valence electrons. The van der Waals surface area contributed by atoms with Gasteiger partial charge in [-0.1, -0.05) is 26.0 Å². The van der Waals surface area contributed by atoms with Crippen molar-refractivity contribution in [2.45, 2.75) is 58.2 Å². The van der Waals surface area contributed by atoms with Crippen LogP contribution >= 0.6 is 0 Å². The maximum Gasteiger partial charge on any atom is 0.326 e. The van der Waals surface area contributed by atoms with Gasteiger partial charge in [0.25, 0.3) is 5.91 Å². The highest BCUT2D eigenvalue weighted by atomic mass is 16.4. The highest BCUT2D eigenvalue weighted by Crippen LogP contribution is 2.16. The molecule has 1 unspecified atom stereocenters. The molecule has 4 atom stereocenters. The highest BCUT2D eigenvalue weighted by molar-refractivity contribution is 5.99. The fraction of sp³-hybridized carbons (Fsp3) is 0.455. The van der Waals surface area contributed by atoms with Gasteiger partial charge in [-0.05, 0) is 37.5 Å². The van der Waals surface area contributed by atoms with Gasteiger partial charge in [-0.25, -0.2) is 4.79 Å². The molecule has 6 N–H and O–H groups in total. The fourth-order valence-corrected chi connectivity index (χ4v) is 2.87. The maximum atomic E-state index is 12.7. The molecule has 0 aromatic heterocycles. The summed E-state index contributed by atoms with van der Waals surface area (Å²) in [7, 11) is 0. The number of amides is 3. The van der Waals surface area contributed by atoms with E-state index in [2.05, 4.69) is 10.6 Å². The van der Waals surface area contributed by atoms with E-state index in [9.17, 15) is 28.8 Å². The first kappa shape index (κ1) is 28.1. The van der Waals surface area contributed by atoms with Crippen molar-refractivity contribution in [1.82, 2.24) is 16.0 Å². The zero-order valence-corrected chi connectivity index (χ0v) is 19.2. The van der Waals surface area contributed by atoms with Crippen LogP contribution in [0.5, 0.6) is 0 Å². The molecule has 0 aliphatic rings. The summed E-state index contributed by atoms with van der Waals surface area (Å²) in [6.45, 7) is 6.13. The minimum Gasteiger partial charge on any atom is -0.481 e. The number of carboxylic acid groups (broad SMARTS) is 3. The molecule has 0 spiro atoms. The van der Waals surface area contributed by atoms with E-state index in [1.165, 1.54) is 38.1 Å². The van der Waals surface area contributed by atoms with Gasteiger partial charge in [0.2, 0.25) is 11.8 Å². The molecule has 12 nitrogen and oxygen atoms in total. The number of hydrogen-bond donors (Lipinski definition) is 6. The average molecular weight is 479 g/mol. The van der Waals surface area contributed by atoms with Gasteiger partial charge in [0.1, 0.15) is 18.1 Å². The van der Waals surface area contributed by atoms with Crippen molar-refractivity contribution < 1.29 is 44.1 Å². The molecule has 0 saturated carbocycles. The van der Waals surface area contributed by atoms with Crippen LogP contribution in [0.1, 0.15) is 56.0 Å². The van der Waals surface area contributed by atoms with Crippen molar-refractivity contribution in [2.75, 3.05) is 0 Å². The van der Waals surface area contributed by atoms with Gasteiger partial charge < -0.3 is 31.3 Å². The first-order valence-corrected chi connectivity index (χ1v) is 10.4.